The Morgan fingerprint density at radius 1 is 1.09 bits per heavy atom. The minimum Gasteiger partial charge on any atom is -0.358 e. The number of halogens is 1. The summed E-state index contributed by atoms with van der Waals surface area (Å²) in [4.78, 5) is 27.2. The normalized spacial score (nSPS) is 12.8. The maximum atomic E-state index is 13.0. The summed E-state index contributed by atoms with van der Waals surface area (Å²) in [7, 11) is 0. The Kier molecular flexibility index (Phi) is 13.1. The molecule has 4 N–H and O–H groups in total. The molecule has 176 valence electrons. The number of hydrogen-bond acceptors (Lipinski definition) is 5. The van der Waals surface area contributed by atoms with Gasteiger partial charge in [-0.2, -0.15) is 11.8 Å². The summed E-state index contributed by atoms with van der Waals surface area (Å²) in [5.41, 5.74) is 9.11. The standard InChI is InChI=1S/C24H35FN4O2S/c1-17(2)7-5-8-18(3)9-6-10-19(4)13-14-32-16-21(23(30)29-24(26)31)28-22-12-11-20(25)15-27-22/h7,9,11-13,15,21H,5-6,8,10,14,16H2,1-4H3,(H,27,28)(H3,26,29,30,31). The molecule has 0 aromatic carbocycles. The first-order valence-corrected chi connectivity index (χ1v) is 11.8. The van der Waals surface area contributed by atoms with Crippen molar-refractivity contribution in [3.63, 3.8) is 0 Å². The number of imide groups is 1. The second kappa shape index (κ2) is 15.2. The highest BCUT2D eigenvalue weighted by Gasteiger charge is 2.20. The van der Waals surface area contributed by atoms with Gasteiger partial charge in [-0.15, -0.1) is 0 Å². The topological polar surface area (TPSA) is 97.1 Å². The van der Waals surface area contributed by atoms with Gasteiger partial charge < -0.3 is 11.1 Å². The number of rotatable bonds is 13. The maximum absolute atomic E-state index is 13.0. The summed E-state index contributed by atoms with van der Waals surface area (Å²) in [6, 6.07) is 1.03. The zero-order chi connectivity index (χ0) is 23.9. The molecule has 0 saturated heterocycles. The van der Waals surface area contributed by atoms with Crippen molar-refractivity contribution < 1.29 is 14.0 Å². The third-order valence-electron chi connectivity index (χ3n) is 4.57. The first-order chi connectivity index (χ1) is 15.2. The highest BCUT2D eigenvalue weighted by molar-refractivity contribution is 7.99. The van der Waals surface area contributed by atoms with Crippen LogP contribution in [0, 0.1) is 5.82 Å². The molecule has 0 bridgehead atoms. The Morgan fingerprint density at radius 3 is 2.34 bits per heavy atom. The van der Waals surface area contributed by atoms with Crippen LogP contribution in [-0.2, 0) is 4.79 Å². The second-order valence-corrected chi connectivity index (χ2v) is 8.98. The van der Waals surface area contributed by atoms with Crippen LogP contribution in [0.2, 0.25) is 0 Å². The van der Waals surface area contributed by atoms with Gasteiger partial charge in [0, 0.05) is 11.5 Å². The third kappa shape index (κ3) is 12.9. The lowest BCUT2D eigenvalue weighted by Gasteiger charge is -2.17. The summed E-state index contributed by atoms with van der Waals surface area (Å²) in [5.74, 6) is 0.446. The number of aromatic nitrogens is 1. The highest BCUT2D eigenvalue weighted by atomic mass is 32.2. The number of nitrogens with two attached hydrogens (primary N) is 1. The number of hydrogen-bond donors (Lipinski definition) is 3. The van der Waals surface area contributed by atoms with Crippen LogP contribution in [0.5, 0.6) is 0 Å². The van der Waals surface area contributed by atoms with Gasteiger partial charge in [0.2, 0.25) is 0 Å². The van der Waals surface area contributed by atoms with Gasteiger partial charge in [-0.3, -0.25) is 10.1 Å². The summed E-state index contributed by atoms with van der Waals surface area (Å²) < 4.78 is 13.0. The van der Waals surface area contributed by atoms with Crippen LogP contribution in [0.1, 0.15) is 53.4 Å². The van der Waals surface area contributed by atoms with E-state index in [1.807, 2.05) is 0 Å². The third-order valence-corrected chi connectivity index (χ3v) is 5.54. The van der Waals surface area contributed by atoms with Gasteiger partial charge >= 0.3 is 6.03 Å². The van der Waals surface area contributed by atoms with Crippen molar-refractivity contribution in [2.45, 2.75) is 59.4 Å². The fraction of sp³-hybridized carbons (Fsp3) is 0.458. The first-order valence-electron chi connectivity index (χ1n) is 10.7. The predicted octanol–water partition coefficient (Wildman–Crippen LogP) is 5.35. The van der Waals surface area contributed by atoms with E-state index in [0.29, 0.717) is 11.6 Å². The number of primary amides is 1. The predicted molar refractivity (Wildman–Crippen MR) is 132 cm³/mol. The van der Waals surface area contributed by atoms with Crippen molar-refractivity contribution in [1.82, 2.24) is 10.3 Å². The van der Waals surface area contributed by atoms with Crippen molar-refractivity contribution in [3.05, 3.63) is 59.1 Å². The SMILES string of the molecule is CC(C)=CCCC(C)=CCCC(C)=CCSCC(Nc1ccc(F)cn1)C(=O)NC(N)=O. The molecule has 0 fully saturated rings. The summed E-state index contributed by atoms with van der Waals surface area (Å²) >= 11 is 1.55. The summed E-state index contributed by atoms with van der Waals surface area (Å²) in [6.45, 7) is 8.51. The molecule has 6 nitrogen and oxygen atoms in total. The van der Waals surface area contributed by atoms with Crippen molar-refractivity contribution in [3.8, 4) is 0 Å². The number of thioether (sulfide) groups is 1. The minimum atomic E-state index is -0.918. The molecule has 0 aliphatic heterocycles. The van der Waals surface area contributed by atoms with Crippen LogP contribution in [0.4, 0.5) is 15.0 Å². The molecule has 1 atom stereocenters. The van der Waals surface area contributed by atoms with E-state index < -0.39 is 23.8 Å². The van der Waals surface area contributed by atoms with Crippen LogP contribution in [0.15, 0.2) is 53.3 Å². The molecule has 8 heteroatoms. The zero-order valence-electron chi connectivity index (χ0n) is 19.4. The molecule has 32 heavy (non-hydrogen) atoms. The molecule has 0 saturated carbocycles. The fourth-order valence-electron chi connectivity index (χ4n) is 2.76. The molecule has 3 amide bonds. The van der Waals surface area contributed by atoms with E-state index in [1.54, 1.807) is 11.8 Å². The van der Waals surface area contributed by atoms with Gasteiger partial charge in [0.05, 0.1) is 6.20 Å². The van der Waals surface area contributed by atoms with Gasteiger partial charge in [0.25, 0.3) is 5.91 Å². The molecule has 1 heterocycles. The number of urea groups is 1. The van der Waals surface area contributed by atoms with Gasteiger partial charge in [0.15, 0.2) is 0 Å². The molecular weight excluding hydrogens is 427 g/mol. The molecule has 1 aromatic heterocycles. The minimum absolute atomic E-state index is 0.343. The molecule has 0 radical (unpaired) electrons. The van der Waals surface area contributed by atoms with E-state index in [4.69, 9.17) is 5.73 Å². The second-order valence-electron chi connectivity index (χ2n) is 7.91. The average Bonchev–Trinajstić information content (AvgIpc) is 2.70. The van der Waals surface area contributed by atoms with Gasteiger partial charge in [-0.1, -0.05) is 34.9 Å². The average molecular weight is 463 g/mol. The maximum Gasteiger partial charge on any atom is 0.318 e. The number of amides is 3. The van der Waals surface area contributed by atoms with E-state index in [0.717, 1.165) is 37.6 Å². The Morgan fingerprint density at radius 2 is 1.75 bits per heavy atom. The monoisotopic (exact) mass is 462 g/mol. The Bertz CT molecular complexity index is 831. The van der Waals surface area contributed by atoms with Crippen LogP contribution in [0.3, 0.4) is 0 Å². The first kappa shape index (κ1) is 27.4. The number of carbonyl (C=O) groups is 2. The molecule has 0 spiro atoms. The number of carbonyl (C=O) groups excluding carboxylic acids is 2. The highest BCUT2D eigenvalue weighted by Crippen LogP contribution is 2.14. The van der Waals surface area contributed by atoms with Crippen LogP contribution in [0.25, 0.3) is 0 Å². The lowest BCUT2D eigenvalue weighted by molar-refractivity contribution is -0.120. The van der Waals surface area contributed by atoms with Crippen LogP contribution in [-0.4, -0.2) is 34.5 Å². The number of nitrogens with zero attached hydrogens (tertiary/aromatic N) is 1. The lowest BCUT2D eigenvalue weighted by Crippen LogP contribution is -2.46. The number of pyridine rings is 1. The van der Waals surface area contributed by atoms with E-state index in [2.05, 4.69) is 61.5 Å². The van der Waals surface area contributed by atoms with E-state index in [1.165, 1.54) is 28.9 Å². The molecule has 0 aliphatic rings. The molecular formula is C24H35FN4O2S. The quantitative estimate of drug-likeness (QED) is 0.271. The van der Waals surface area contributed by atoms with E-state index >= 15 is 0 Å². The fourth-order valence-corrected chi connectivity index (χ4v) is 3.77. The van der Waals surface area contributed by atoms with Crippen LogP contribution >= 0.6 is 11.8 Å². The van der Waals surface area contributed by atoms with Crippen LogP contribution < -0.4 is 16.4 Å². The number of allylic oxidation sites excluding steroid dienone is 5. The Labute approximate surface area is 195 Å². The van der Waals surface area contributed by atoms with E-state index in [-0.39, 0.29) is 0 Å². The largest absolute Gasteiger partial charge is 0.358 e. The van der Waals surface area contributed by atoms with Crippen molar-refractivity contribution in [2.75, 3.05) is 16.8 Å². The van der Waals surface area contributed by atoms with Crippen molar-refractivity contribution in [2.24, 2.45) is 5.73 Å². The molecule has 1 unspecified atom stereocenters. The summed E-state index contributed by atoms with van der Waals surface area (Å²) in [6.07, 6.45) is 11.9. The van der Waals surface area contributed by atoms with Crippen molar-refractivity contribution in [1.29, 1.82) is 0 Å². The lowest BCUT2D eigenvalue weighted by atomic mass is 10.1. The zero-order valence-corrected chi connectivity index (χ0v) is 20.2. The smallest absolute Gasteiger partial charge is 0.318 e. The molecule has 1 aromatic rings. The van der Waals surface area contributed by atoms with E-state index in [9.17, 15) is 14.0 Å². The molecule has 0 aliphatic carbocycles. The Hall–Kier alpha value is -2.61. The summed E-state index contributed by atoms with van der Waals surface area (Å²) in [5, 5.41) is 5.00. The Balaban J connectivity index is 2.49. The number of anilines is 1. The van der Waals surface area contributed by atoms with Gasteiger partial charge in [0.1, 0.15) is 17.7 Å². The van der Waals surface area contributed by atoms with Gasteiger partial charge in [-0.05, 0) is 65.5 Å². The van der Waals surface area contributed by atoms with Gasteiger partial charge in [-0.25, -0.2) is 14.2 Å². The molecule has 1 rings (SSSR count). The van der Waals surface area contributed by atoms with Crippen molar-refractivity contribution >= 4 is 29.5 Å². The number of nitrogens with one attached hydrogen (secondary N) is 2.